The van der Waals surface area contributed by atoms with Gasteiger partial charge < -0.3 is 18.3 Å². The highest BCUT2D eigenvalue weighted by Crippen LogP contribution is 2.48. The Hall–Kier alpha value is -14.4. The van der Waals surface area contributed by atoms with Crippen molar-refractivity contribution < 1.29 is 0 Å². The normalized spacial score (nSPS) is 11.9. The van der Waals surface area contributed by atoms with E-state index in [-0.39, 0.29) is 0 Å². The van der Waals surface area contributed by atoms with Crippen LogP contribution in [0.3, 0.4) is 0 Å². The second-order valence-corrected chi connectivity index (χ2v) is 32.0. The van der Waals surface area contributed by atoms with Crippen LogP contribution in [-0.2, 0) is 0 Å². The van der Waals surface area contributed by atoms with Crippen LogP contribution in [0.2, 0.25) is 0 Å². The van der Waals surface area contributed by atoms with Crippen molar-refractivity contribution in [3.8, 4) is 89.5 Å². The Kier molecular flexibility index (Phi) is 15.3. The predicted molar refractivity (Wildman–Crippen MR) is 489 cm³/mol. The highest BCUT2D eigenvalue weighted by atomic mass is 32.1. The first-order valence-corrected chi connectivity index (χ1v) is 40.6. The van der Waals surface area contributed by atoms with Gasteiger partial charge >= 0.3 is 0 Å². The zero-order valence-electron chi connectivity index (χ0n) is 61.9. The number of rotatable bonds is 10. The van der Waals surface area contributed by atoms with Crippen LogP contribution in [0, 0.1) is 0 Å². The van der Waals surface area contributed by atoms with Gasteiger partial charge in [0.15, 0.2) is 0 Å². The molecule has 0 bridgehead atoms. The first-order valence-electron chi connectivity index (χ1n) is 39.0. The van der Waals surface area contributed by atoms with Crippen LogP contribution in [0.1, 0.15) is 0 Å². The maximum atomic E-state index is 2.50. The number of para-hydroxylation sites is 2. The number of hydrogen-bond acceptors (Lipinski definition) is 2. The van der Waals surface area contributed by atoms with E-state index in [0.717, 1.165) is 17.1 Å². The predicted octanol–water partition coefficient (Wildman–Crippen LogP) is 30.5. The largest absolute Gasteiger partial charge is 0.309 e. The molecule has 0 aliphatic rings. The van der Waals surface area contributed by atoms with Gasteiger partial charge in [-0.15, -0.1) is 22.7 Å². The fraction of sp³-hybridized carbons (Fsp3) is 0. The number of hydrogen-bond donors (Lipinski definition) is 0. The third-order valence-electron chi connectivity index (χ3n) is 23.4. The minimum absolute atomic E-state index is 1.16. The van der Waals surface area contributed by atoms with Gasteiger partial charge in [0, 0.05) is 101 Å². The molecule has 18 aromatic carbocycles. The summed E-state index contributed by atoms with van der Waals surface area (Å²) in [7, 11) is 0. The van der Waals surface area contributed by atoms with E-state index >= 15 is 0 Å². The molecule has 6 heteroatoms. The fourth-order valence-corrected chi connectivity index (χ4v) is 20.5. The summed E-state index contributed by atoms with van der Waals surface area (Å²) in [5, 5.41) is 15.3. The van der Waals surface area contributed by atoms with Crippen molar-refractivity contribution in [2.24, 2.45) is 0 Å². The summed E-state index contributed by atoms with van der Waals surface area (Å²) in [6, 6.07) is 151. The smallest absolute Gasteiger partial charge is 0.0719 e. The van der Waals surface area contributed by atoms with Gasteiger partial charge in [0.25, 0.3) is 0 Å². The molecular weight excluding hydrogens is 1420 g/mol. The Bertz CT molecular complexity index is 7960. The Morgan fingerprint density at radius 1 is 0.149 bits per heavy atom. The quantitative estimate of drug-likeness (QED) is 0.130. The van der Waals surface area contributed by atoms with E-state index in [4.69, 9.17) is 0 Å². The average Bonchev–Trinajstić information content (AvgIpc) is 1.56. The Labute approximate surface area is 665 Å². The molecule has 4 nitrogen and oxygen atoms in total. The SMILES string of the molecule is c1ccc(-c2cccc(-n3c4ccccc4c4cc(-c5ccc6c(c5)c5ccc7c8ccccc8sc7c5n6-c5cccc(-c6ccccc6)c5)ccc43)c2)cc1.c1ccc(-c2cccc(-n3c4ccccc4c4cc(-c5ccc6c(c5)c5ccc7sc8ccccc8c7c5n6-c5cccc(-c6ccccc6)c5)ccc43)c2)cc1. The molecule has 532 valence electrons. The minimum Gasteiger partial charge on any atom is -0.309 e. The van der Waals surface area contributed by atoms with Crippen LogP contribution in [-0.4, -0.2) is 18.3 Å². The molecule has 0 N–H and O–H groups in total. The third-order valence-corrected chi connectivity index (χ3v) is 25.7. The lowest BCUT2D eigenvalue weighted by molar-refractivity contribution is 1.18. The van der Waals surface area contributed by atoms with Gasteiger partial charge in [-0.2, -0.15) is 0 Å². The highest BCUT2D eigenvalue weighted by Gasteiger charge is 2.24. The van der Waals surface area contributed by atoms with Gasteiger partial charge in [-0.25, -0.2) is 0 Å². The molecule has 0 saturated heterocycles. The zero-order chi connectivity index (χ0) is 74.9. The standard InChI is InChI=1S/2C54H34N2S/c1-3-13-35(14-4-1)37-17-11-19-41(31-37)55-49-23-9-7-21-43(49)47-33-39(25-29-50(47)55)40-26-30-51-48(34-40)45-27-28-46-44-22-8-10-24-52(44)57-54(46)53(45)56(51)42-20-12-18-38(32-42)36-15-5-2-6-16-36;1-3-13-35(14-4-1)37-17-11-19-41(31-37)55-48-23-9-7-21-43(48)46-33-39(25-28-49(46)55)40-26-29-50-47(34-40)44-27-30-52-53(45-22-8-10-24-51(45)57-52)54(44)56(50)42-20-12-18-38(32-42)36-15-5-2-6-16-36/h2*1-34H. The highest BCUT2D eigenvalue weighted by molar-refractivity contribution is 7.27. The maximum absolute atomic E-state index is 2.50. The molecule has 24 rings (SSSR count). The molecule has 6 aromatic heterocycles. The van der Waals surface area contributed by atoms with Gasteiger partial charge in [-0.1, -0.05) is 285 Å². The Balaban J connectivity index is 0.000000135. The first-order chi connectivity index (χ1) is 56.5. The number of nitrogens with zero attached hydrogens (tertiary/aromatic N) is 4. The van der Waals surface area contributed by atoms with Crippen LogP contribution in [0.4, 0.5) is 0 Å². The van der Waals surface area contributed by atoms with E-state index in [2.05, 4.69) is 431 Å². The molecule has 0 unspecified atom stereocenters. The first kappa shape index (κ1) is 65.5. The van der Waals surface area contributed by atoms with Gasteiger partial charge in [0.1, 0.15) is 0 Å². The molecule has 0 aliphatic carbocycles. The molecular formula is C108H68N4S2. The van der Waals surface area contributed by atoms with E-state index in [1.807, 2.05) is 22.7 Å². The summed E-state index contributed by atoms with van der Waals surface area (Å²) >= 11 is 3.77. The maximum Gasteiger partial charge on any atom is 0.0719 e. The topological polar surface area (TPSA) is 19.7 Å². The monoisotopic (exact) mass is 1480 g/mol. The lowest BCUT2D eigenvalue weighted by atomic mass is 10.00. The second kappa shape index (κ2) is 26.7. The number of benzene rings is 18. The van der Waals surface area contributed by atoms with Crippen LogP contribution >= 0.6 is 22.7 Å². The van der Waals surface area contributed by atoms with Crippen molar-refractivity contribution in [3.63, 3.8) is 0 Å². The molecule has 0 atom stereocenters. The summed E-state index contributed by atoms with van der Waals surface area (Å²) in [6.45, 7) is 0. The van der Waals surface area contributed by atoms with Crippen molar-refractivity contribution in [1.82, 2.24) is 18.3 Å². The van der Waals surface area contributed by atoms with E-state index in [9.17, 15) is 0 Å². The second-order valence-electron chi connectivity index (χ2n) is 29.8. The Morgan fingerprint density at radius 3 is 0.886 bits per heavy atom. The summed E-state index contributed by atoms with van der Waals surface area (Å²) < 4.78 is 15.1. The minimum atomic E-state index is 1.16. The van der Waals surface area contributed by atoms with E-state index < -0.39 is 0 Å². The van der Waals surface area contributed by atoms with Gasteiger partial charge in [-0.05, 0) is 194 Å². The van der Waals surface area contributed by atoms with Crippen molar-refractivity contribution in [2.75, 3.05) is 0 Å². The molecule has 0 amide bonds. The number of fused-ring (bicyclic) bond motifs is 20. The van der Waals surface area contributed by atoms with Crippen molar-refractivity contribution in [1.29, 1.82) is 0 Å². The summed E-state index contributed by atoms with van der Waals surface area (Å²) in [6.07, 6.45) is 0. The molecule has 0 aliphatic heterocycles. The van der Waals surface area contributed by atoms with Crippen molar-refractivity contribution >= 4 is 150 Å². The van der Waals surface area contributed by atoms with E-state index in [1.165, 1.54) is 200 Å². The third kappa shape index (κ3) is 10.7. The molecule has 0 fully saturated rings. The molecule has 6 heterocycles. The van der Waals surface area contributed by atoms with E-state index in [0.29, 0.717) is 0 Å². The summed E-state index contributed by atoms with van der Waals surface area (Å²) in [5.41, 5.74) is 29.0. The van der Waals surface area contributed by atoms with Gasteiger partial charge in [0.2, 0.25) is 0 Å². The molecule has 0 saturated carbocycles. The zero-order valence-corrected chi connectivity index (χ0v) is 63.5. The molecule has 114 heavy (non-hydrogen) atoms. The number of thiophene rings is 2. The van der Waals surface area contributed by atoms with Crippen LogP contribution in [0.5, 0.6) is 0 Å². The lowest BCUT2D eigenvalue weighted by Gasteiger charge is -2.12. The van der Waals surface area contributed by atoms with Gasteiger partial charge in [0.05, 0.1) is 48.8 Å². The molecule has 24 aromatic rings. The average molecular weight is 1490 g/mol. The van der Waals surface area contributed by atoms with Crippen LogP contribution in [0.15, 0.2) is 413 Å². The van der Waals surface area contributed by atoms with Crippen molar-refractivity contribution in [3.05, 3.63) is 413 Å². The van der Waals surface area contributed by atoms with Crippen molar-refractivity contribution in [2.45, 2.75) is 0 Å². The fourth-order valence-electron chi connectivity index (χ4n) is 18.2. The lowest BCUT2D eigenvalue weighted by Crippen LogP contribution is -1.95. The summed E-state index contributed by atoms with van der Waals surface area (Å²) in [4.78, 5) is 0. The van der Waals surface area contributed by atoms with Crippen LogP contribution in [0.25, 0.3) is 217 Å². The molecule has 0 radical (unpaired) electrons. The number of aromatic nitrogens is 4. The molecule has 0 spiro atoms. The van der Waals surface area contributed by atoms with E-state index in [1.54, 1.807) is 0 Å². The Morgan fingerprint density at radius 2 is 0.447 bits per heavy atom. The van der Waals surface area contributed by atoms with Gasteiger partial charge in [-0.3, -0.25) is 0 Å². The summed E-state index contributed by atoms with van der Waals surface area (Å²) in [5.74, 6) is 0. The van der Waals surface area contributed by atoms with Crippen LogP contribution < -0.4 is 0 Å².